The molecule has 7 nitrogen and oxygen atoms in total. The Bertz CT molecular complexity index is 1280. The summed E-state index contributed by atoms with van der Waals surface area (Å²) in [4.78, 5) is 20.4. The van der Waals surface area contributed by atoms with Gasteiger partial charge in [-0.15, -0.1) is 0 Å². The van der Waals surface area contributed by atoms with Crippen molar-refractivity contribution >= 4 is 11.6 Å². The van der Waals surface area contributed by atoms with E-state index in [1.54, 1.807) is 50.1 Å². The summed E-state index contributed by atoms with van der Waals surface area (Å²) in [7, 11) is 1.68. The van der Waals surface area contributed by atoms with E-state index in [1.165, 1.54) is 25.7 Å². The number of nitrogens with one attached hydrogen (secondary N) is 1. The minimum Gasteiger partial charge on any atom is -0.497 e. The van der Waals surface area contributed by atoms with E-state index in [0.29, 0.717) is 23.9 Å². The lowest BCUT2D eigenvalue weighted by Gasteiger charge is -2.13. The molecule has 190 valence electrons. The van der Waals surface area contributed by atoms with Gasteiger partial charge in [-0.25, -0.2) is 0 Å². The zero-order chi connectivity index (χ0) is 25.9. The Balaban J connectivity index is 0.000000195. The predicted molar refractivity (Wildman–Crippen MR) is 145 cm³/mol. The molecule has 7 heteroatoms. The number of carbonyl (C=O) groups excluding carboxylic acids is 1. The van der Waals surface area contributed by atoms with Crippen LogP contribution in [0.25, 0.3) is 11.1 Å². The SMILES string of the molecule is COc1cccc(OC2CCCC2)c1.Nc1ccc(C(=O)NCc2cccnc2)cc1-c1ccncc1. The van der Waals surface area contributed by atoms with Gasteiger partial charge in [0.15, 0.2) is 0 Å². The molecule has 0 radical (unpaired) electrons. The molecule has 1 fully saturated rings. The average Bonchev–Trinajstić information content (AvgIpc) is 3.46. The average molecular weight is 497 g/mol. The molecule has 5 rings (SSSR count). The van der Waals surface area contributed by atoms with Crippen LogP contribution in [-0.2, 0) is 6.54 Å². The molecule has 0 bridgehead atoms. The van der Waals surface area contributed by atoms with E-state index in [4.69, 9.17) is 15.2 Å². The van der Waals surface area contributed by atoms with E-state index < -0.39 is 0 Å². The third-order valence-corrected chi connectivity index (χ3v) is 6.13. The maximum Gasteiger partial charge on any atom is 0.251 e. The standard InChI is InChI=1S/C18H16N4O.C12H16O2/c19-17-4-3-15(10-16(17)14-5-8-20-9-6-14)18(23)22-12-13-2-1-7-21-11-13;1-13-11-7-4-8-12(9-11)14-10-5-2-3-6-10/h1-11H,12,19H2,(H,22,23);4,7-10H,2-3,5-6H2,1H3. The number of rotatable bonds is 7. The van der Waals surface area contributed by atoms with Gasteiger partial charge in [0.1, 0.15) is 11.5 Å². The van der Waals surface area contributed by atoms with Crippen LogP contribution in [0.2, 0.25) is 0 Å². The number of methoxy groups -OCH3 is 1. The first-order valence-corrected chi connectivity index (χ1v) is 12.4. The molecule has 1 amide bonds. The number of carbonyl (C=O) groups is 1. The first-order valence-electron chi connectivity index (χ1n) is 12.4. The Hall–Kier alpha value is -4.39. The molecule has 37 heavy (non-hydrogen) atoms. The Morgan fingerprint density at radius 2 is 1.73 bits per heavy atom. The predicted octanol–water partition coefficient (Wildman–Crippen LogP) is 5.67. The van der Waals surface area contributed by atoms with Gasteiger partial charge in [0, 0.05) is 54.2 Å². The molecule has 2 heterocycles. The third kappa shape index (κ3) is 7.54. The molecule has 2 aromatic carbocycles. The minimum atomic E-state index is -0.149. The van der Waals surface area contributed by atoms with Crippen LogP contribution in [0.15, 0.2) is 91.5 Å². The van der Waals surface area contributed by atoms with Crippen molar-refractivity contribution in [3.8, 4) is 22.6 Å². The molecule has 1 aliphatic rings. The van der Waals surface area contributed by atoms with Crippen LogP contribution in [0.1, 0.15) is 41.6 Å². The van der Waals surface area contributed by atoms with E-state index in [2.05, 4.69) is 15.3 Å². The van der Waals surface area contributed by atoms with Crippen molar-refractivity contribution in [2.75, 3.05) is 12.8 Å². The molecular weight excluding hydrogens is 464 g/mol. The van der Waals surface area contributed by atoms with E-state index in [-0.39, 0.29) is 5.91 Å². The highest BCUT2D eigenvalue weighted by Gasteiger charge is 2.16. The second-order valence-electron chi connectivity index (χ2n) is 8.79. The van der Waals surface area contributed by atoms with Gasteiger partial charge in [0.2, 0.25) is 0 Å². The molecule has 0 unspecified atom stereocenters. The van der Waals surface area contributed by atoms with Crippen molar-refractivity contribution in [3.05, 3.63) is 103 Å². The van der Waals surface area contributed by atoms with Crippen LogP contribution >= 0.6 is 0 Å². The molecule has 0 aliphatic heterocycles. The lowest BCUT2D eigenvalue weighted by Crippen LogP contribution is -2.22. The molecule has 0 saturated heterocycles. The monoisotopic (exact) mass is 496 g/mol. The van der Waals surface area contributed by atoms with Crippen LogP contribution in [0.3, 0.4) is 0 Å². The van der Waals surface area contributed by atoms with Crippen molar-refractivity contribution in [3.63, 3.8) is 0 Å². The quantitative estimate of drug-likeness (QED) is 0.320. The summed E-state index contributed by atoms with van der Waals surface area (Å²) >= 11 is 0. The second kappa shape index (κ2) is 13.1. The molecule has 2 aromatic heterocycles. The van der Waals surface area contributed by atoms with Gasteiger partial charge >= 0.3 is 0 Å². The smallest absolute Gasteiger partial charge is 0.251 e. The highest BCUT2D eigenvalue weighted by atomic mass is 16.5. The van der Waals surface area contributed by atoms with Crippen molar-refractivity contribution in [2.24, 2.45) is 0 Å². The van der Waals surface area contributed by atoms with Crippen molar-refractivity contribution in [1.29, 1.82) is 0 Å². The third-order valence-electron chi connectivity index (χ3n) is 6.13. The largest absolute Gasteiger partial charge is 0.497 e. The van der Waals surface area contributed by atoms with Gasteiger partial charge in [-0.1, -0.05) is 12.1 Å². The fourth-order valence-corrected chi connectivity index (χ4v) is 4.14. The van der Waals surface area contributed by atoms with Crippen molar-refractivity contribution in [2.45, 2.75) is 38.3 Å². The summed E-state index contributed by atoms with van der Waals surface area (Å²) in [5.41, 5.74) is 9.92. The van der Waals surface area contributed by atoms with E-state index in [0.717, 1.165) is 28.2 Å². The maximum absolute atomic E-state index is 12.3. The fraction of sp³-hybridized carbons (Fsp3) is 0.233. The number of hydrogen-bond acceptors (Lipinski definition) is 6. The summed E-state index contributed by atoms with van der Waals surface area (Å²) in [5.74, 6) is 1.64. The second-order valence-corrected chi connectivity index (χ2v) is 8.79. The Kier molecular flexibility index (Phi) is 9.07. The molecule has 3 N–H and O–H groups in total. The zero-order valence-corrected chi connectivity index (χ0v) is 21.0. The van der Waals surface area contributed by atoms with Crippen LogP contribution in [0, 0.1) is 0 Å². The summed E-state index contributed by atoms with van der Waals surface area (Å²) < 4.78 is 11.0. The Morgan fingerprint density at radius 3 is 2.46 bits per heavy atom. The zero-order valence-electron chi connectivity index (χ0n) is 21.0. The molecular formula is C30H32N4O3. The van der Waals surface area contributed by atoms with Gasteiger partial charge in [-0.2, -0.15) is 0 Å². The normalized spacial score (nSPS) is 12.8. The number of nitrogen functional groups attached to an aromatic ring is 1. The number of nitrogens with two attached hydrogens (primary N) is 1. The fourth-order valence-electron chi connectivity index (χ4n) is 4.14. The first-order chi connectivity index (χ1) is 18.1. The summed E-state index contributed by atoms with van der Waals surface area (Å²) in [5, 5.41) is 2.88. The molecule has 4 aromatic rings. The van der Waals surface area contributed by atoms with Crippen molar-refractivity contribution in [1.82, 2.24) is 15.3 Å². The van der Waals surface area contributed by atoms with Crippen molar-refractivity contribution < 1.29 is 14.3 Å². The van der Waals surface area contributed by atoms with E-state index in [9.17, 15) is 4.79 Å². The molecule has 1 saturated carbocycles. The minimum absolute atomic E-state index is 0.149. The Labute approximate surface area is 217 Å². The van der Waals surface area contributed by atoms with E-state index >= 15 is 0 Å². The van der Waals surface area contributed by atoms with E-state index in [1.807, 2.05) is 48.5 Å². The number of anilines is 1. The van der Waals surface area contributed by atoms with Gasteiger partial charge in [-0.05, 0) is 85.3 Å². The van der Waals surface area contributed by atoms with Crippen LogP contribution in [0.4, 0.5) is 5.69 Å². The highest BCUT2D eigenvalue weighted by molar-refractivity contribution is 5.96. The number of hydrogen-bond donors (Lipinski definition) is 2. The number of ether oxygens (including phenoxy) is 2. The summed E-state index contributed by atoms with van der Waals surface area (Å²) in [6.07, 6.45) is 12.2. The maximum atomic E-state index is 12.3. The van der Waals surface area contributed by atoms with Gasteiger partial charge in [0.25, 0.3) is 5.91 Å². The number of amides is 1. The number of aromatic nitrogens is 2. The summed E-state index contributed by atoms with van der Waals surface area (Å²) in [6.45, 7) is 0.432. The topological polar surface area (TPSA) is 99.4 Å². The molecule has 0 spiro atoms. The number of pyridine rings is 2. The van der Waals surface area contributed by atoms with Gasteiger partial charge < -0.3 is 20.5 Å². The number of nitrogens with zero attached hydrogens (tertiary/aromatic N) is 2. The van der Waals surface area contributed by atoms with Crippen LogP contribution < -0.4 is 20.5 Å². The van der Waals surface area contributed by atoms with Gasteiger partial charge in [0.05, 0.1) is 13.2 Å². The highest BCUT2D eigenvalue weighted by Crippen LogP contribution is 2.27. The van der Waals surface area contributed by atoms with Crippen LogP contribution in [-0.4, -0.2) is 29.1 Å². The lowest BCUT2D eigenvalue weighted by molar-refractivity contribution is 0.0951. The number of benzene rings is 2. The van der Waals surface area contributed by atoms with Gasteiger partial charge in [-0.3, -0.25) is 14.8 Å². The Morgan fingerprint density at radius 1 is 0.946 bits per heavy atom. The molecule has 1 aliphatic carbocycles. The lowest BCUT2D eigenvalue weighted by atomic mass is 10.0. The summed E-state index contributed by atoms with van der Waals surface area (Å²) in [6, 6.07) is 20.6. The molecule has 0 atom stereocenters. The van der Waals surface area contributed by atoms with Crippen LogP contribution in [0.5, 0.6) is 11.5 Å². The first kappa shape index (κ1) is 25.7.